The Hall–Kier alpha value is -3.77. The number of aliphatic hydroxyl groups is 1. The third kappa shape index (κ3) is 7.45. The Morgan fingerprint density at radius 1 is 1.07 bits per heavy atom. The van der Waals surface area contributed by atoms with Gasteiger partial charge in [-0.15, -0.1) is 13.2 Å². The molecule has 1 N–H and O–H groups in total. The maximum Gasteiger partial charge on any atom is 0.573 e. The van der Waals surface area contributed by atoms with Gasteiger partial charge in [-0.25, -0.2) is 0 Å². The van der Waals surface area contributed by atoms with Crippen molar-refractivity contribution >= 4 is 0 Å². The molecule has 1 fully saturated rings. The van der Waals surface area contributed by atoms with Crippen LogP contribution in [-0.4, -0.2) is 67.0 Å². The topological polar surface area (TPSA) is 102 Å². The molecule has 40 heavy (non-hydrogen) atoms. The molecule has 0 aliphatic carbocycles. The Morgan fingerprint density at radius 2 is 1.85 bits per heavy atom. The van der Waals surface area contributed by atoms with Crippen LogP contribution < -0.4 is 4.74 Å². The lowest BCUT2D eigenvalue weighted by molar-refractivity contribution is -0.274. The van der Waals surface area contributed by atoms with Crippen LogP contribution in [-0.2, 0) is 13.0 Å². The van der Waals surface area contributed by atoms with Gasteiger partial charge in [0.05, 0.1) is 12.6 Å². The smallest absolute Gasteiger partial charge is 0.406 e. The first-order valence-corrected chi connectivity index (χ1v) is 13.3. The number of alkyl halides is 3. The van der Waals surface area contributed by atoms with Crippen molar-refractivity contribution in [2.45, 2.75) is 58.0 Å². The highest BCUT2D eigenvalue weighted by Gasteiger charge is 2.31. The van der Waals surface area contributed by atoms with Crippen LogP contribution in [0.25, 0.3) is 23.0 Å². The average Bonchev–Trinajstić information content (AvgIpc) is 3.55. The van der Waals surface area contributed by atoms with Gasteiger partial charge in [-0.1, -0.05) is 11.2 Å². The summed E-state index contributed by atoms with van der Waals surface area (Å²) < 4.78 is 48.2. The fraction of sp³-hybridized carbons (Fsp3) is 0.429. The molecule has 4 heterocycles. The lowest BCUT2D eigenvalue weighted by Gasteiger charge is -2.29. The number of likely N-dealkylation sites (tertiary alicyclic amines) is 1. The molecule has 1 aliphatic rings. The van der Waals surface area contributed by atoms with Gasteiger partial charge in [0.25, 0.3) is 5.89 Å². The van der Waals surface area contributed by atoms with E-state index in [0.717, 1.165) is 68.7 Å². The van der Waals surface area contributed by atoms with Crippen LogP contribution in [0.3, 0.4) is 0 Å². The number of benzene rings is 1. The Morgan fingerprint density at radius 3 is 2.55 bits per heavy atom. The Balaban J connectivity index is 1.14. The molecule has 0 amide bonds. The van der Waals surface area contributed by atoms with E-state index >= 15 is 0 Å². The average molecular weight is 557 g/mol. The molecule has 1 saturated heterocycles. The third-order valence-corrected chi connectivity index (χ3v) is 6.91. The van der Waals surface area contributed by atoms with Gasteiger partial charge in [-0.05, 0) is 87.5 Å². The van der Waals surface area contributed by atoms with Crippen LogP contribution in [0.1, 0.15) is 42.6 Å². The number of halogens is 3. The lowest BCUT2D eigenvalue weighted by atomic mass is 10.1. The number of rotatable bonds is 10. The van der Waals surface area contributed by atoms with E-state index < -0.39 is 6.36 Å². The highest BCUT2D eigenvalue weighted by atomic mass is 19.4. The molecule has 1 aliphatic heterocycles. The predicted molar refractivity (Wildman–Crippen MR) is 140 cm³/mol. The summed E-state index contributed by atoms with van der Waals surface area (Å²) in [6, 6.07) is 11.2. The summed E-state index contributed by atoms with van der Waals surface area (Å²) in [5.41, 5.74) is 3.96. The van der Waals surface area contributed by atoms with Crippen LogP contribution in [0, 0.1) is 6.92 Å². The van der Waals surface area contributed by atoms with Gasteiger partial charge in [0.2, 0.25) is 5.82 Å². The number of ether oxygens (including phenoxy) is 1. The minimum atomic E-state index is -4.75. The summed E-state index contributed by atoms with van der Waals surface area (Å²) >= 11 is 0. The van der Waals surface area contributed by atoms with Gasteiger partial charge in [0.1, 0.15) is 5.75 Å². The normalized spacial score (nSPS) is 15.0. The molecule has 12 heteroatoms. The molecule has 0 radical (unpaired) electrons. The van der Waals surface area contributed by atoms with Gasteiger partial charge in [0, 0.05) is 36.2 Å². The number of pyridine rings is 1. The fourth-order valence-electron chi connectivity index (χ4n) is 4.68. The van der Waals surface area contributed by atoms with Gasteiger partial charge in [0.15, 0.2) is 5.69 Å². The first-order valence-electron chi connectivity index (χ1n) is 13.3. The number of aryl methyl sites for hydroxylation is 2. The Bertz CT molecular complexity index is 1380. The largest absolute Gasteiger partial charge is 0.573 e. The van der Waals surface area contributed by atoms with Crippen molar-refractivity contribution < 1.29 is 27.5 Å². The molecular formula is C28H31F3N6O3. The Kier molecular flexibility index (Phi) is 8.46. The van der Waals surface area contributed by atoms with Crippen LogP contribution in [0.4, 0.5) is 13.2 Å². The highest BCUT2D eigenvalue weighted by Crippen LogP contribution is 2.27. The summed E-state index contributed by atoms with van der Waals surface area (Å²) in [6.45, 7) is 5.48. The molecule has 5 rings (SSSR count). The van der Waals surface area contributed by atoms with Crippen LogP contribution in [0.15, 0.2) is 53.2 Å². The van der Waals surface area contributed by atoms with Crippen LogP contribution in [0.5, 0.6) is 5.75 Å². The molecule has 0 saturated carbocycles. The lowest BCUT2D eigenvalue weighted by Crippen LogP contribution is -2.36. The van der Waals surface area contributed by atoms with Crippen molar-refractivity contribution in [3.63, 3.8) is 0 Å². The minimum absolute atomic E-state index is 0.132. The first-order chi connectivity index (χ1) is 19.2. The van der Waals surface area contributed by atoms with Crippen molar-refractivity contribution in [3.8, 4) is 28.7 Å². The maximum absolute atomic E-state index is 12.4. The second-order valence-corrected chi connectivity index (χ2v) is 10.0. The summed E-state index contributed by atoms with van der Waals surface area (Å²) in [7, 11) is 0. The van der Waals surface area contributed by atoms with E-state index in [-0.39, 0.29) is 23.6 Å². The predicted octanol–water partition coefficient (Wildman–Crippen LogP) is 5.03. The molecule has 3 aromatic heterocycles. The highest BCUT2D eigenvalue weighted by molar-refractivity contribution is 5.58. The van der Waals surface area contributed by atoms with Gasteiger partial charge in [-0.2, -0.15) is 10.1 Å². The summed E-state index contributed by atoms with van der Waals surface area (Å²) in [4.78, 5) is 11.4. The Labute approximate surface area is 229 Å². The van der Waals surface area contributed by atoms with E-state index in [2.05, 4.69) is 42.0 Å². The number of nitrogens with zero attached hydrogens (tertiary/aromatic N) is 6. The molecule has 0 spiro atoms. The fourth-order valence-corrected chi connectivity index (χ4v) is 4.68. The molecule has 0 unspecified atom stereocenters. The maximum atomic E-state index is 12.4. The van der Waals surface area contributed by atoms with Crippen molar-refractivity contribution in [2.75, 3.05) is 19.6 Å². The van der Waals surface area contributed by atoms with Gasteiger partial charge in [-0.3, -0.25) is 9.67 Å². The number of aliphatic hydroxyl groups excluding tert-OH is 1. The van der Waals surface area contributed by atoms with Crippen molar-refractivity contribution in [3.05, 3.63) is 65.6 Å². The zero-order chi connectivity index (χ0) is 28.1. The summed E-state index contributed by atoms with van der Waals surface area (Å²) in [5.74, 6) is 0.115. The van der Waals surface area contributed by atoms with E-state index in [4.69, 9.17) is 4.52 Å². The SMILES string of the molecule is Cc1cc(-c2nc(-c3ccc(OC(F)(F)F)cc3)no2)nn1Cc1ccc(CCCCN2CCC(O)CC2)nc1. The van der Waals surface area contributed by atoms with Gasteiger partial charge < -0.3 is 19.3 Å². The molecular weight excluding hydrogens is 525 g/mol. The minimum Gasteiger partial charge on any atom is -0.406 e. The molecule has 4 aromatic rings. The number of aromatic nitrogens is 5. The third-order valence-electron chi connectivity index (χ3n) is 6.91. The second-order valence-electron chi connectivity index (χ2n) is 10.0. The van der Waals surface area contributed by atoms with Crippen molar-refractivity contribution in [1.29, 1.82) is 0 Å². The number of unbranched alkanes of at least 4 members (excludes halogenated alkanes) is 1. The zero-order valence-corrected chi connectivity index (χ0v) is 22.1. The van der Waals surface area contributed by atoms with E-state index in [1.165, 1.54) is 24.3 Å². The quantitative estimate of drug-likeness (QED) is 0.272. The van der Waals surface area contributed by atoms with Gasteiger partial charge >= 0.3 is 6.36 Å². The van der Waals surface area contributed by atoms with E-state index in [1.54, 1.807) is 0 Å². The zero-order valence-electron chi connectivity index (χ0n) is 22.1. The van der Waals surface area contributed by atoms with Crippen molar-refractivity contribution in [1.82, 2.24) is 29.8 Å². The molecule has 9 nitrogen and oxygen atoms in total. The number of hydrogen-bond donors (Lipinski definition) is 1. The molecule has 1 aromatic carbocycles. The second kappa shape index (κ2) is 12.2. The van der Waals surface area contributed by atoms with Crippen LogP contribution >= 0.6 is 0 Å². The van der Waals surface area contributed by atoms with E-state index in [1.807, 2.05) is 23.9 Å². The van der Waals surface area contributed by atoms with E-state index in [9.17, 15) is 18.3 Å². The van der Waals surface area contributed by atoms with E-state index in [0.29, 0.717) is 17.8 Å². The number of hydrogen-bond acceptors (Lipinski definition) is 8. The first kappa shape index (κ1) is 27.8. The molecule has 0 atom stereocenters. The van der Waals surface area contributed by atoms with Crippen LogP contribution in [0.2, 0.25) is 0 Å². The standard InChI is InChI=1S/C28H31F3N6O3/c1-19-16-25(27-33-26(35-40-27)21-6-9-24(10-7-21)39-28(29,30)31)34-37(19)18-20-5-8-22(32-17-20)4-2-3-13-36-14-11-23(38)12-15-36/h5-10,16-17,23,38H,2-4,11-15,18H2,1H3. The monoisotopic (exact) mass is 556 g/mol. The molecule has 0 bridgehead atoms. The number of piperidine rings is 1. The summed E-state index contributed by atoms with van der Waals surface area (Å²) in [5, 5.41) is 18.2. The molecule has 212 valence electrons. The van der Waals surface area contributed by atoms with Crippen molar-refractivity contribution in [2.24, 2.45) is 0 Å². The summed E-state index contributed by atoms with van der Waals surface area (Å²) in [6.07, 6.45) is 1.85.